The highest BCUT2D eigenvalue weighted by Crippen LogP contribution is 2.43. The molecule has 200 valence electrons. The van der Waals surface area contributed by atoms with Gasteiger partial charge < -0.3 is 15.5 Å². The number of ether oxygens (including phenoxy) is 1. The number of fused-ring (bicyclic) bond motifs is 1. The number of hydrogen-bond acceptors (Lipinski definition) is 7. The van der Waals surface area contributed by atoms with E-state index in [9.17, 15) is 13.2 Å². The van der Waals surface area contributed by atoms with E-state index >= 15 is 0 Å². The average molecular weight is 527 g/mol. The molecule has 0 atom stereocenters. The number of aryl methyl sites for hydroxylation is 1. The number of likely N-dealkylation sites (tertiary alicyclic amines) is 1. The maximum absolute atomic E-state index is 13.1. The van der Waals surface area contributed by atoms with E-state index in [0.717, 1.165) is 67.1 Å². The summed E-state index contributed by atoms with van der Waals surface area (Å²) >= 11 is 0. The number of alkyl halides is 3. The van der Waals surface area contributed by atoms with Crippen LogP contribution < -0.4 is 10.5 Å². The second-order valence-electron chi connectivity index (χ2n) is 10.3. The van der Waals surface area contributed by atoms with Gasteiger partial charge in [0.25, 0.3) is 0 Å². The second-order valence-corrected chi connectivity index (χ2v) is 10.3. The molecular weight excluding hydrogens is 497 g/mol. The molecule has 1 saturated carbocycles. The van der Waals surface area contributed by atoms with E-state index in [2.05, 4.69) is 29.9 Å². The van der Waals surface area contributed by atoms with Gasteiger partial charge in [0.2, 0.25) is 5.88 Å². The third-order valence-electron chi connectivity index (χ3n) is 7.82. The Morgan fingerprint density at radius 1 is 1.18 bits per heavy atom. The van der Waals surface area contributed by atoms with Crippen molar-refractivity contribution < 1.29 is 17.9 Å². The Kier molecular flexibility index (Phi) is 6.10. The number of pyridine rings is 1. The van der Waals surface area contributed by atoms with Gasteiger partial charge in [0, 0.05) is 55.1 Å². The molecule has 2 fully saturated rings. The first-order chi connectivity index (χ1) is 18.2. The molecule has 2 aliphatic rings. The summed E-state index contributed by atoms with van der Waals surface area (Å²) in [6.45, 7) is 3.72. The lowest BCUT2D eigenvalue weighted by molar-refractivity contribution is -0.141. The topological polar surface area (TPSA) is 111 Å². The van der Waals surface area contributed by atoms with E-state index in [0.29, 0.717) is 18.2 Å². The predicted molar refractivity (Wildman–Crippen MR) is 134 cm³/mol. The van der Waals surface area contributed by atoms with E-state index in [1.54, 1.807) is 19.3 Å². The van der Waals surface area contributed by atoms with Crippen LogP contribution in [0.3, 0.4) is 0 Å². The molecule has 9 nitrogen and oxygen atoms in total. The number of piperidine rings is 1. The lowest BCUT2D eigenvalue weighted by atomic mass is 9.71. The van der Waals surface area contributed by atoms with Gasteiger partial charge in [-0.2, -0.15) is 18.3 Å². The van der Waals surface area contributed by atoms with Crippen LogP contribution in [0.4, 0.5) is 13.2 Å². The molecule has 0 unspecified atom stereocenters. The summed E-state index contributed by atoms with van der Waals surface area (Å²) in [5.41, 5.74) is 8.10. The zero-order chi connectivity index (χ0) is 26.5. The van der Waals surface area contributed by atoms with Gasteiger partial charge in [-0.15, -0.1) is 0 Å². The molecule has 0 radical (unpaired) electrons. The monoisotopic (exact) mass is 526 g/mol. The van der Waals surface area contributed by atoms with Crippen LogP contribution >= 0.6 is 0 Å². The van der Waals surface area contributed by atoms with E-state index in [1.165, 1.54) is 0 Å². The highest BCUT2D eigenvalue weighted by atomic mass is 19.4. The van der Waals surface area contributed by atoms with E-state index in [1.807, 2.05) is 29.3 Å². The fraction of sp³-hybridized carbons (Fsp3) is 0.462. The molecule has 38 heavy (non-hydrogen) atoms. The van der Waals surface area contributed by atoms with Crippen LogP contribution in [0.2, 0.25) is 0 Å². The average Bonchev–Trinajstić information content (AvgIpc) is 3.54. The van der Waals surface area contributed by atoms with Gasteiger partial charge in [-0.05, 0) is 50.3 Å². The van der Waals surface area contributed by atoms with E-state index < -0.39 is 11.9 Å². The lowest BCUT2D eigenvalue weighted by Gasteiger charge is -2.52. The molecule has 1 aliphatic carbocycles. The standard InChI is InChI=1S/C26H29F3N8O/c1-16-8-21(26(27,28)29)35-22(9-16)38-19-3-6-36(7-4-19)18-10-25(11-18,14-30)37-13-17(12-34-37)23-20-2-5-31-24(20)33-15-32-23/h2,5,8-9,12-13,15,18-19H,3-4,6-7,10-11,14,30H2,1H3,(H,31,32,33). The number of rotatable bonds is 6. The Bertz CT molecular complexity index is 1430. The zero-order valence-electron chi connectivity index (χ0n) is 20.9. The van der Waals surface area contributed by atoms with Crippen LogP contribution in [0.1, 0.15) is 36.9 Å². The number of H-pyrrole nitrogens is 1. The van der Waals surface area contributed by atoms with Crippen molar-refractivity contribution in [2.24, 2.45) is 5.73 Å². The smallest absolute Gasteiger partial charge is 0.433 e. The summed E-state index contributed by atoms with van der Waals surface area (Å²) in [5, 5.41) is 5.60. The third kappa shape index (κ3) is 4.51. The Morgan fingerprint density at radius 3 is 2.71 bits per heavy atom. The fourth-order valence-electron chi connectivity index (χ4n) is 5.70. The van der Waals surface area contributed by atoms with Crippen LogP contribution in [0.5, 0.6) is 5.88 Å². The molecule has 1 aliphatic heterocycles. The number of halogens is 3. The molecule has 0 aromatic carbocycles. The fourth-order valence-corrected chi connectivity index (χ4v) is 5.70. The van der Waals surface area contributed by atoms with Crippen LogP contribution in [0, 0.1) is 6.92 Å². The lowest BCUT2D eigenvalue weighted by Crippen LogP contribution is -2.61. The van der Waals surface area contributed by atoms with Crippen molar-refractivity contribution in [1.82, 2.24) is 34.6 Å². The first-order valence-corrected chi connectivity index (χ1v) is 12.7. The maximum atomic E-state index is 13.1. The zero-order valence-corrected chi connectivity index (χ0v) is 20.9. The summed E-state index contributed by atoms with van der Waals surface area (Å²) < 4.78 is 47.2. The van der Waals surface area contributed by atoms with Gasteiger partial charge in [-0.25, -0.2) is 15.0 Å². The Hall–Kier alpha value is -3.51. The number of aromatic nitrogens is 6. The summed E-state index contributed by atoms with van der Waals surface area (Å²) in [4.78, 5) is 17.9. The number of nitrogens with two attached hydrogens (primary N) is 1. The highest BCUT2D eigenvalue weighted by Gasteiger charge is 2.48. The minimum atomic E-state index is -4.49. The van der Waals surface area contributed by atoms with Crippen molar-refractivity contribution in [2.75, 3.05) is 19.6 Å². The van der Waals surface area contributed by atoms with Crippen LogP contribution in [0.15, 0.2) is 43.1 Å². The normalized spacial score (nSPS) is 23.0. The molecule has 12 heteroatoms. The molecule has 4 aromatic heterocycles. The molecule has 0 bridgehead atoms. The summed E-state index contributed by atoms with van der Waals surface area (Å²) in [6, 6.07) is 4.92. The SMILES string of the molecule is Cc1cc(OC2CCN(C3CC(CN)(n4cc(-c5ncnc6[nH]ccc56)cn4)C3)CC2)nc(C(F)(F)F)c1. The van der Waals surface area contributed by atoms with Gasteiger partial charge >= 0.3 is 6.18 Å². The van der Waals surface area contributed by atoms with Crippen molar-refractivity contribution in [3.05, 3.63) is 54.4 Å². The second kappa shape index (κ2) is 9.35. The molecule has 4 aromatic rings. The molecule has 3 N–H and O–H groups in total. The van der Waals surface area contributed by atoms with Gasteiger partial charge in [0.15, 0.2) is 0 Å². The van der Waals surface area contributed by atoms with Crippen LogP contribution in [-0.4, -0.2) is 66.4 Å². The quantitative estimate of drug-likeness (QED) is 0.392. The summed E-state index contributed by atoms with van der Waals surface area (Å²) in [6.07, 6.45) is 5.80. The predicted octanol–water partition coefficient (Wildman–Crippen LogP) is 3.90. The molecular formula is C26H29F3N8O. The van der Waals surface area contributed by atoms with E-state index in [-0.39, 0.29) is 17.5 Å². The third-order valence-corrected chi connectivity index (χ3v) is 7.82. The number of aromatic amines is 1. The Balaban J connectivity index is 1.07. The first kappa shape index (κ1) is 24.8. The van der Waals surface area contributed by atoms with Crippen molar-refractivity contribution in [1.29, 1.82) is 0 Å². The van der Waals surface area contributed by atoms with Crippen molar-refractivity contribution in [3.63, 3.8) is 0 Å². The van der Waals surface area contributed by atoms with Gasteiger partial charge in [-0.3, -0.25) is 9.58 Å². The largest absolute Gasteiger partial charge is 0.474 e. The van der Waals surface area contributed by atoms with Gasteiger partial charge in [0.05, 0.1) is 17.4 Å². The van der Waals surface area contributed by atoms with Crippen molar-refractivity contribution in [2.45, 2.75) is 56.5 Å². The van der Waals surface area contributed by atoms with Gasteiger partial charge in [-0.1, -0.05) is 0 Å². The Morgan fingerprint density at radius 2 is 1.97 bits per heavy atom. The van der Waals surface area contributed by atoms with Crippen molar-refractivity contribution >= 4 is 11.0 Å². The molecule has 0 spiro atoms. The van der Waals surface area contributed by atoms with E-state index in [4.69, 9.17) is 10.5 Å². The number of nitrogens with one attached hydrogen (secondary N) is 1. The molecule has 5 heterocycles. The number of hydrogen-bond donors (Lipinski definition) is 2. The molecule has 1 saturated heterocycles. The van der Waals surface area contributed by atoms with Crippen LogP contribution in [-0.2, 0) is 11.7 Å². The number of nitrogens with zero attached hydrogens (tertiary/aromatic N) is 6. The Labute approximate surface area is 217 Å². The minimum absolute atomic E-state index is 0.0386. The summed E-state index contributed by atoms with van der Waals surface area (Å²) in [5.74, 6) is 0.0386. The van der Waals surface area contributed by atoms with Gasteiger partial charge in [0.1, 0.15) is 23.8 Å². The van der Waals surface area contributed by atoms with Crippen LogP contribution in [0.25, 0.3) is 22.3 Å². The first-order valence-electron chi connectivity index (χ1n) is 12.7. The molecule has 0 amide bonds. The van der Waals surface area contributed by atoms with Crippen molar-refractivity contribution in [3.8, 4) is 17.1 Å². The maximum Gasteiger partial charge on any atom is 0.433 e. The molecule has 6 rings (SSSR count). The summed E-state index contributed by atoms with van der Waals surface area (Å²) in [7, 11) is 0. The minimum Gasteiger partial charge on any atom is -0.474 e. The highest BCUT2D eigenvalue weighted by molar-refractivity contribution is 5.89.